The summed E-state index contributed by atoms with van der Waals surface area (Å²) in [6.45, 7) is 0. The fraction of sp³-hybridized carbons (Fsp3) is 0.188. The molecule has 0 heterocycles. The maximum absolute atomic E-state index is 12.3. The van der Waals surface area contributed by atoms with Crippen molar-refractivity contribution in [2.24, 2.45) is 0 Å². The molecule has 2 aromatic rings. The summed E-state index contributed by atoms with van der Waals surface area (Å²) in [7, 11) is 0. The molecule has 1 aliphatic carbocycles. The number of amides is 1. The van der Waals surface area contributed by atoms with Crippen LogP contribution < -0.4 is 5.32 Å². The SMILES string of the molecule is O=C(N[C@H]1CCc2ccccc21)c1ccc(Cl)cc1Cl. The third kappa shape index (κ3) is 2.54. The number of benzene rings is 2. The smallest absolute Gasteiger partial charge is 0.253 e. The number of fused-ring (bicyclic) bond motifs is 1. The highest BCUT2D eigenvalue weighted by molar-refractivity contribution is 6.36. The van der Waals surface area contributed by atoms with Crippen LogP contribution in [0, 0.1) is 0 Å². The minimum atomic E-state index is -0.159. The van der Waals surface area contributed by atoms with Crippen LogP contribution in [0.5, 0.6) is 0 Å². The van der Waals surface area contributed by atoms with Gasteiger partial charge in [-0.2, -0.15) is 0 Å². The Morgan fingerprint density at radius 2 is 1.95 bits per heavy atom. The summed E-state index contributed by atoms with van der Waals surface area (Å²) in [5.74, 6) is -0.159. The van der Waals surface area contributed by atoms with Crippen LogP contribution >= 0.6 is 23.2 Å². The molecule has 0 aliphatic heterocycles. The molecule has 20 heavy (non-hydrogen) atoms. The Morgan fingerprint density at radius 3 is 2.75 bits per heavy atom. The van der Waals surface area contributed by atoms with Gasteiger partial charge in [-0.05, 0) is 42.2 Å². The number of rotatable bonds is 2. The van der Waals surface area contributed by atoms with E-state index in [-0.39, 0.29) is 11.9 Å². The van der Waals surface area contributed by atoms with Gasteiger partial charge in [0.2, 0.25) is 0 Å². The van der Waals surface area contributed by atoms with Crippen molar-refractivity contribution in [3.05, 3.63) is 69.2 Å². The predicted octanol–water partition coefficient (Wildman–Crippen LogP) is 4.41. The summed E-state index contributed by atoms with van der Waals surface area (Å²) in [5.41, 5.74) is 2.96. The molecule has 1 atom stereocenters. The molecule has 0 spiro atoms. The molecule has 0 aromatic heterocycles. The topological polar surface area (TPSA) is 29.1 Å². The van der Waals surface area contributed by atoms with Crippen molar-refractivity contribution in [2.75, 3.05) is 0 Å². The second-order valence-corrected chi connectivity index (χ2v) is 5.73. The van der Waals surface area contributed by atoms with Crippen molar-refractivity contribution < 1.29 is 4.79 Å². The molecule has 0 saturated heterocycles. The fourth-order valence-electron chi connectivity index (χ4n) is 2.62. The van der Waals surface area contributed by atoms with Gasteiger partial charge in [-0.1, -0.05) is 47.5 Å². The molecule has 0 radical (unpaired) electrons. The van der Waals surface area contributed by atoms with Gasteiger partial charge in [0, 0.05) is 5.02 Å². The molecule has 1 aliphatic rings. The average Bonchev–Trinajstić information content (AvgIpc) is 2.82. The van der Waals surface area contributed by atoms with E-state index in [9.17, 15) is 4.79 Å². The third-order valence-corrected chi connectivity index (χ3v) is 4.16. The van der Waals surface area contributed by atoms with Crippen molar-refractivity contribution in [1.29, 1.82) is 0 Å². The van der Waals surface area contributed by atoms with Gasteiger partial charge in [0.25, 0.3) is 5.91 Å². The van der Waals surface area contributed by atoms with E-state index >= 15 is 0 Å². The first-order valence-corrected chi connectivity index (χ1v) is 7.24. The summed E-state index contributed by atoms with van der Waals surface area (Å²) in [6, 6.07) is 13.2. The Bertz CT molecular complexity index is 669. The van der Waals surface area contributed by atoms with Crippen LogP contribution in [-0.2, 0) is 6.42 Å². The quantitative estimate of drug-likeness (QED) is 0.875. The van der Waals surface area contributed by atoms with Crippen molar-refractivity contribution in [2.45, 2.75) is 18.9 Å². The minimum absolute atomic E-state index is 0.0606. The van der Waals surface area contributed by atoms with Gasteiger partial charge in [0.05, 0.1) is 16.6 Å². The molecule has 0 saturated carbocycles. The molecular formula is C16H13Cl2NO. The van der Waals surface area contributed by atoms with Crippen LogP contribution in [0.2, 0.25) is 10.0 Å². The fourth-order valence-corrected chi connectivity index (χ4v) is 3.11. The number of halogens is 2. The van der Waals surface area contributed by atoms with E-state index in [0.717, 1.165) is 12.8 Å². The number of hydrogen-bond acceptors (Lipinski definition) is 1. The van der Waals surface area contributed by atoms with E-state index in [1.807, 2.05) is 12.1 Å². The first-order chi connectivity index (χ1) is 9.65. The molecular weight excluding hydrogens is 293 g/mol. The zero-order chi connectivity index (χ0) is 14.1. The van der Waals surface area contributed by atoms with Crippen LogP contribution in [0.3, 0.4) is 0 Å². The number of carbonyl (C=O) groups is 1. The lowest BCUT2D eigenvalue weighted by molar-refractivity contribution is 0.0937. The van der Waals surface area contributed by atoms with Crippen LogP contribution in [0.4, 0.5) is 0 Å². The van der Waals surface area contributed by atoms with Crippen LogP contribution in [0.1, 0.15) is 33.9 Å². The third-order valence-electron chi connectivity index (χ3n) is 3.61. The van der Waals surface area contributed by atoms with Crippen molar-refractivity contribution in [3.8, 4) is 0 Å². The second kappa shape index (κ2) is 5.47. The standard InChI is InChI=1S/C16H13Cl2NO/c17-11-6-7-13(14(18)9-11)16(20)19-15-8-5-10-3-1-2-4-12(10)15/h1-4,6-7,9,15H,5,8H2,(H,19,20)/t15-/m0/s1. The Kier molecular flexibility index (Phi) is 3.68. The highest BCUT2D eigenvalue weighted by Gasteiger charge is 2.24. The Balaban J connectivity index is 1.81. The summed E-state index contributed by atoms with van der Waals surface area (Å²) in [5, 5.41) is 3.95. The highest BCUT2D eigenvalue weighted by atomic mass is 35.5. The van der Waals surface area contributed by atoms with Crippen LogP contribution in [0.15, 0.2) is 42.5 Å². The molecule has 1 amide bonds. The van der Waals surface area contributed by atoms with Crippen molar-refractivity contribution >= 4 is 29.1 Å². The molecule has 2 nitrogen and oxygen atoms in total. The lowest BCUT2D eigenvalue weighted by Gasteiger charge is -2.14. The number of aryl methyl sites for hydroxylation is 1. The molecule has 3 rings (SSSR count). The maximum atomic E-state index is 12.3. The van der Waals surface area contributed by atoms with E-state index in [0.29, 0.717) is 15.6 Å². The maximum Gasteiger partial charge on any atom is 0.253 e. The molecule has 2 aromatic carbocycles. The van der Waals surface area contributed by atoms with E-state index in [1.54, 1.807) is 18.2 Å². The average molecular weight is 306 g/mol. The first kappa shape index (κ1) is 13.5. The van der Waals surface area contributed by atoms with E-state index < -0.39 is 0 Å². The summed E-state index contributed by atoms with van der Waals surface area (Å²) in [4.78, 5) is 12.3. The Morgan fingerprint density at radius 1 is 1.15 bits per heavy atom. The molecule has 102 valence electrons. The lowest BCUT2D eigenvalue weighted by Crippen LogP contribution is -2.27. The van der Waals surface area contributed by atoms with Gasteiger partial charge in [-0.3, -0.25) is 4.79 Å². The van der Waals surface area contributed by atoms with Gasteiger partial charge in [-0.15, -0.1) is 0 Å². The number of nitrogens with one attached hydrogen (secondary N) is 1. The Hall–Kier alpha value is -1.51. The normalized spacial score (nSPS) is 16.8. The number of hydrogen-bond donors (Lipinski definition) is 1. The van der Waals surface area contributed by atoms with Gasteiger partial charge in [0.1, 0.15) is 0 Å². The van der Waals surface area contributed by atoms with Gasteiger partial charge in [-0.25, -0.2) is 0 Å². The van der Waals surface area contributed by atoms with Crippen molar-refractivity contribution in [1.82, 2.24) is 5.32 Å². The Labute approximate surface area is 127 Å². The molecule has 1 N–H and O–H groups in total. The summed E-state index contributed by atoms with van der Waals surface area (Å²) >= 11 is 11.9. The lowest BCUT2D eigenvalue weighted by atomic mass is 10.1. The van der Waals surface area contributed by atoms with E-state index in [4.69, 9.17) is 23.2 Å². The zero-order valence-corrected chi connectivity index (χ0v) is 12.2. The monoisotopic (exact) mass is 305 g/mol. The molecule has 0 fully saturated rings. The summed E-state index contributed by atoms with van der Waals surface area (Å²) < 4.78 is 0. The van der Waals surface area contributed by atoms with E-state index in [1.165, 1.54) is 11.1 Å². The van der Waals surface area contributed by atoms with Gasteiger partial charge >= 0.3 is 0 Å². The van der Waals surface area contributed by atoms with Crippen molar-refractivity contribution in [3.63, 3.8) is 0 Å². The zero-order valence-electron chi connectivity index (χ0n) is 10.7. The first-order valence-electron chi connectivity index (χ1n) is 6.49. The van der Waals surface area contributed by atoms with Gasteiger partial charge < -0.3 is 5.32 Å². The van der Waals surface area contributed by atoms with Crippen LogP contribution in [-0.4, -0.2) is 5.91 Å². The minimum Gasteiger partial charge on any atom is -0.345 e. The number of carbonyl (C=O) groups excluding carboxylic acids is 1. The molecule has 0 bridgehead atoms. The molecule has 4 heteroatoms. The second-order valence-electron chi connectivity index (χ2n) is 4.89. The highest BCUT2D eigenvalue weighted by Crippen LogP contribution is 2.31. The predicted molar refractivity (Wildman–Crippen MR) is 81.4 cm³/mol. The molecule has 0 unspecified atom stereocenters. The van der Waals surface area contributed by atoms with Gasteiger partial charge in [0.15, 0.2) is 0 Å². The van der Waals surface area contributed by atoms with Crippen LogP contribution in [0.25, 0.3) is 0 Å². The summed E-state index contributed by atoms with van der Waals surface area (Å²) in [6.07, 6.45) is 1.92. The largest absolute Gasteiger partial charge is 0.345 e. The van der Waals surface area contributed by atoms with E-state index in [2.05, 4.69) is 17.4 Å².